The van der Waals surface area contributed by atoms with E-state index in [2.05, 4.69) is 10.3 Å². The van der Waals surface area contributed by atoms with Crippen molar-refractivity contribution in [3.63, 3.8) is 0 Å². The zero-order valence-electron chi connectivity index (χ0n) is 8.34. The lowest BCUT2D eigenvalue weighted by Crippen LogP contribution is -2.17. The Kier molecular flexibility index (Phi) is 3.14. The van der Waals surface area contributed by atoms with Crippen LogP contribution >= 0.6 is 35.0 Å². The standard InChI is InChI=1S/C10H10Cl2N2S/c1-5-8-6(11)3-4-7(12)9(8)14-10(13-5)15-2/h3-5H,1-2H3,(H,13,14). The van der Waals surface area contributed by atoms with E-state index >= 15 is 0 Å². The summed E-state index contributed by atoms with van der Waals surface area (Å²) in [6, 6.07) is 3.65. The van der Waals surface area contributed by atoms with Gasteiger partial charge in [-0.2, -0.15) is 0 Å². The van der Waals surface area contributed by atoms with Crippen LogP contribution in [-0.2, 0) is 0 Å². The molecule has 0 aromatic heterocycles. The monoisotopic (exact) mass is 260 g/mol. The van der Waals surface area contributed by atoms with Crippen LogP contribution in [0.25, 0.3) is 0 Å². The topological polar surface area (TPSA) is 24.4 Å². The molecule has 1 aromatic rings. The van der Waals surface area contributed by atoms with Crippen molar-refractivity contribution in [1.29, 1.82) is 0 Å². The molecule has 15 heavy (non-hydrogen) atoms. The summed E-state index contributed by atoms with van der Waals surface area (Å²) in [7, 11) is 0. The summed E-state index contributed by atoms with van der Waals surface area (Å²) in [6.07, 6.45) is 1.97. The summed E-state index contributed by atoms with van der Waals surface area (Å²) in [5.74, 6) is 0. The normalized spacial score (nSPS) is 19.2. The highest BCUT2D eigenvalue weighted by molar-refractivity contribution is 8.13. The van der Waals surface area contributed by atoms with Crippen LogP contribution in [0.3, 0.4) is 0 Å². The second kappa shape index (κ2) is 4.24. The summed E-state index contributed by atoms with van der Waals surface area (Å²) < 4.78 is 0. The van der Waals surface area contributed by atoms with Gasteiger partial charge in [0, 0.05) is 10.6 Å². The Balaban J connectivity index is 2.55. The van der Waals surface area contributed by atoms with Crippen LogP contribution in [0.5, 0.6) is 0 Å². The zero-order valence-corrected chi connectivity index (χ0v) is 10.7. The van der Waals surface area contributed by atoms with Gasteiger partial charge in [0.1, 0.15) is 0 Å². The fraction of sp³-hybridized carbons (Fsp3) is 0.300. The molecule has 1 aromatic carbocycles. The fourth-order valence-corrected chi connectivity index (χ4v) is 2.58. The number of rotatable bonds is 0. The summed E-state index contributed by atoms with van der Waals surface area (Å²) in [5.41, 5.74) is 1.86. The lowest BCUT2D eigenvalue weighted by Gasteiger charge is -2.23. The second-order valence-corrected chi connectivity index (χ2v) is 4.87. The molecule has 0 saturated carbocycles. The number of fused-ring (bicyclic) bond motifs is 1. The number of halogens is 2. The van der Waals surface area contributed by atoms with Gasteiger partial charge in [-0.05, 0) is 25.3 Å². The van der Waals surface area contributed by atoms with E-state index in [9.17, 15) is 0 Å². The number of anilines is 1. The Morgan fingerprint density at radius 2 is 2.00 bits per heavy atom. The van der Waals surface area contributed by atoms with Gasteiger partial charge in [0.05, 0.1) is 16.8 Å². The Hall–Kier alpha value is -0.380. The third-order valence-electron chi connectivity index (χ3n) is 2.30. The molecule has 2 rings (SSSR count). The van der Waals surface area contributed by atoms with Gasteiger partial charge in [-0.15, -0.1) is 0 Å². The Morgan fingerprint density at radius 3 is 2.67 bits per heavy atom. The minimum Gasteiger partial charge on any atom is -0.333 e. The number of nitrogens with one attached hydrogen (secondary N) is 1. The molecule has 1 atom stereocenters. The van der Waals surface area contributed by atoms with Crippen LogP contribution in [0.2, 0.25) is 10.0 Å². The van der Waals surface area contributed by atoms with Crippen LogP contribution in [0, 0.1) is 0 Å². The van der Waals surface area contributed by atoms with E-state index in [1.54, 1.807) is 23.9 Å². The molecular weight excluding hydrogens is 251 g/mol. The molecule has 0 fully saturated rings. The SMILES string of the molecule is CSC1=NC(C)c2c(Cl)ccc(Cl)c2N1. The minimum absolute atomic E-state index is 0.0508. The first-order chi connectivity index (χ1) is 7.13. The smallest absolute Gasteiger partial charge is 0.161 e. The first-order valence-corrected chi connectivity index (χ1v) is 6.48. The number of nitrogens with zero attached hydrogens (tertiary/aromatic N) is 1. The Labute approximate surface area is 103 Å². The molecule has 2 nitrogen and oxygen atoms in total. The molecule has 80 valence electrons. The van der Waals surface area contributed by atoms with Gasteiger partial charge in [0.25, 0.3) is 0 Å². The molecule has 0 spiro atoms. The van der Waals surface area contributed by atoms with Crippen molar-refractivity contribution >= 4 is 45.8 Å². The molecule has 1 heterocycles. The molecule has 0 radical (unpaired) electrons. The lowest BCUT2D eigenvalue weighted by molar-refractivity contribution is 0.817. The van der Waals surface area contributed by atoms with Crippen LogP contribution in [0.4, 0.5) is 5.69 Å². The molecule has 0 aliphatic carbocycles. The highest BCUT2D eigenvalue weighted by Gasteiger charge is 2.22. The van der Waals surface area contributed by atoms with Crippen LogP contribution < -0.4 is 5.32 Å². The molecule has 1 aliphatic heterocycles. The molecule has 0 saturated heterocycles. The quantitative estimate of drug-likeness (QED) is 0.756. The van der Waals surface area contributed by atoms with Crippen molar-refractivity contribution in [2.75, 3.05) is 11.6 Å². The van der Waals surface area contributed by atoms with Gasteiger partial charge >= 0.3 is 0 Å². The third-order valence-corrected chi connectivity index (χ3v) is 3.53. The number of aliphatic imine (C=N–C) groups is 1. The molecular formula is C10H10Cl2N2S. The van der Waals surface area contributed by atoms with E-state index < -0.39 is 0 Å². The van der Waals surface area contributed by atoms with Crippen LogP contribution in [0.15, 0.2) is 17.1 Å². The fourth-order valence-electron chi connectivity index (χ4n) is 1.59. The van der Waals surface area contributed by atoms with Crippen LogP contribution in [-0.4, -0.2) is 11.4 Å². The molecule has 0 amide bonds. The van der Waals surface area contributed by atoms with Crippen molar-refractivity contribution in [2.24, 2.45) is 4.99 Å². The van der Waals surface area contributed by atoms with E-state index in [1.165, 1.54) is 0 Å². The summed E-state index contributed by atoms with van der Waals surface area (Å²) >= 11 is 13.8. The predicted octanol–water partition coefficient (Wildman–Crippen LogP) is 4.20. The van der Waals surface area contributed by atoms with E-state index in [0.717, 1.165) is 16.4 Å². The maximum atomic E-state index is 6.13. The Morgan fingerprint density at radius 1 is 1.33 bits per heavy atom. The maximum absolute atomic E-state index is 6.13. The molecule has 0 bridgehead atoms. The average molecular weight is 261 g/mol. The van der Waals surface area contributed by atoms with E-state index in [1.807, 2.05) is 13.2 Å². The number of thioether (sulfide) groups is 1. The van der Waals surface area contributed by atoms with Crippen molar-refractivity contribution in [2.45, 2.75) is 13.0 Å². The van der Waals surface area contributed by atoms with E-state index in [0.29, 0.717) is 10.0 Å². The van der Waals surface area contributed by atoms with Gasteiger partial charge < -0.3 is 5.32 Å². The number of hydrogen-bond donors (Lipinski definition) is 1. The molecule has 5 heteroatoms. The summed E-state index contributed by atoms with van der Waals surface area (Å²) in [6.45, 7) is 2.01. The third kappa shape index (κ3) is 1.96. The van der Waals surface area contributed by atoms with Crippen LogP contribution in [0.1, 0.15) is 18.5 Å². The van der Waals surface area contributed by atoms with Crippen molar-refractivity contribution < 1.29 is 0 Å². The van der Waals surface area contributed by atoms with Gasteiger partial charge in [0.2, 0.25) is 0 Å². The van der Waals surface area contributed by atoms with E-state index in [4.69, 9.17) is 23.2 Å². The van der Waals surface area contributed by atoms with E-state index in [-0.39, 0.29) is 6.04 Å². The van der Waals surface area contributed by atoms with Crippen molar-refractivity contribution in [3.8, 4) is 0 Å². The van der Waals surface area contributed by atoms with Gasteiger partial charge in [-0.3, -0.25) is 4.99 Å². The van der Waals surface area contributed by atoms with Gasteiger partial charge in [-0.25, -0.2) is 0 Å². The maximum Gasteiger partial charge on any atom is 0.161 e. The minimum atomic E-state index is 0.0508. The zero-order chi connectivity index (χ0) is 11.0. The summed E-state index contributed by atoms with van der Waals surface area (Å²) in [5, 5.41) is 5.45. The number of hydrogen-bond acceptors (Lipinski definition) is 3. The first kappa shape index (κ1) is 11.1. The predicted molar refractivity (Wildman–Crippen MR) is 69.4 cm³/mol. The van der Waals surface area contributed by atoms with Crippen molar-refractivity contribution in [3.05, 3.63) is 27.7 Å². The first-order valence-electron chi connectivity index (χ1n) is 4.50. The highest BCUT2D eigenvalue weighted by Crippen LogP contribution is 2.40. The summed E-state index contributed by atoms with van der Waals surface area (Å²) in [4.78, 5) is 4.47. The largest absolute Gasteiger partial charge is 0.333 e. The molecule has 1 unspecified atom stereocenters. The number of amidine groups is 1. The molecule has 1 aliphatic rings. The number of benzene rings is 1. The second-order valence-electron chi connectivity index (χ2n) is 3.26. The van der Waals surface area contributed by atoms with Gasteiger partial charge in [0.15, 0.2) is 5.17 Å². The van der Waals surface area contributed by atoms with Gasteiger partial charge in [-0.1, -0.05) is 35.0 Å². The highest BCUT2D eigenvalue weighted by atomic mass is 35.5. The average Bonchev–Trinajstić information content (AvgIpc) is 2.23. The Bertz CT molecular complexity index is 432. The molecule has 1 N–H and O–H groups in total. The van der Waals surface area contributed by atoms with Crippen molar-refractivity contribution in [1.82, 2.24) is 0 Å². The lowest BCUT2D eigenvalue weighted by atomic mass is 10.1.